The third-order valence-corrected chi connectivity index (χ3v) is 4.64. The van der Waals surface area contributed by atoms with Crippen LogP contribution in [-0.2, 0) is 11.3 Å². The van der Waals surface area contributed by atoms with Crippen LogP contribution in [0.5, 0.6) is 0 Å². The number of carbonyl (C=O) groups is 1. The minimum absolute atomic E-state index is 0.353. The molecule has 3 heteroatoms. The summed E-state index contributed by atoms with van der Waals surface area (Å²) in [6, 6.07) is 9.07. The smallest absolute Gasteiger partial charge is 0.223 e. The number of amides is 1. The van der Waals surface area contributed by atoms with Crippen molar-refractivity contribution in [2.24, 2.45) is 5.92 Å². The summed E-state index contributed by atoms with van der Waals surface area (Å²) in [5.41, 5.74) is 2.53. The van der Waals surface area contributed by atoms with Gasteiger partial charge in [0.25, 0.3) is 0 Å². The zero-order chi connectivity index (χ0) is 14.7. The van der Waals surface area contributed by atoms with Gasteiger partial charge in [-0.25, -0.2) is 0 Å². The Morgan fingerprint density at radius 3 is 2.62 bits per heavy atom. The lowest BCUT2D eigenvalue weighted by Crippen LogP contribution is -2.37. The van der Waals surface area contributed by atoms with Crippen molar-refractivity contribution in [1.29, 1.82) is 0 Å². The number of aryl methyl sites for hydroxylation is 1. The standard InChI is InChI=1S/C18H26N2O/c1-14-4-6-15(7-5-14)13-20(17-8-9-17)18(21)11-16-3-2-10-19-12-16/h4-7,16-17,19H,2-3,8-13H2,1H3. The van der Waals surface area contributed by atoms with Crippen LogP contribution in [0.25, 0.3) is 0 Å². The van der Waals surface area contributed by atoms with Crippen LogP contribution in [-0.4, -0.2) is 29.9 Å². The molecule has 0 spiro atoms. The van der Waals surface area contributed by atoms with E-state index in [-0.39, 0.29) is 0 Å². The van der Waals surface area contributed by atoms with E-state index in [1.165, 1.54) is 36.8 Å². The third kappa shape index (κ3) is 4.07. The first-order valence-corrected chi connectivity index (χ1v) is 8.28. The molecule has 1 aliphatic heterocycles. The van der Waals surface area contributed by atoms with Crippen LogP contribution in [0.15, 0.2) is 24.3 Å². The summed E-state index contributed by atoms with van der Waals surface area (Å²) in [7, 11) is 0. The number of carbonyl (C=O) groups excluding carboxylic acids is 1. The Hall–Kier alpha value is -1.35. The molecule has 0 aromatic heterocycles. The number of nitrogens with zero attached hydrogens (tertiary/aromatic N) is 1. The van der Waals surface area contributed by atoms with Gasteiger partial charge in [0.1, 0.15) is 0 Å². The van der Waals surface area contributed by atoms with Gasteiger partial charge >= 0.3 is 0 Å². The van der Waals surface area contributed by atoms with Gasteiger partial charge in [-0.2, -0.15) is 0 Å². The van der Waals surface area contributed by atoms with Gasteiger partial charge < -0.3 is 10.2 Å². The normalized spacial score (nSPS) is 22.0. The number of hydrogen-bond acceptors (Lipinski definition) is 2. The van der Waals surface area contributed by atoms with E-state index >= 15 is 0 Å². The fraction of sp³-hybridized carbons (Fsp3) is 0.611. The van der Waals surface area contributed by atoms with Gasteiger partial charge in [0.2, 0.25) is 5.91 Å². The van der Waals surface area contributed by atoms with Crippen molar-refractivity contribution in [3.05, 3.63) is 35.4 Å². The monoisotopic (exact) mass is 286 g/mol. The molecule has 1 atom stereocenters. The van der Waals surface area contributed by atoms with E-state index in [0.717, 1.165) is 26.1 Å². The lowest BCUT2D eigenvalue weighted by Gasteiger charge is -2.27. The van der Waals surface area contributed by atoms with Gasteiger partial charge in [0.15, 0.2) is 0 Å². The highest BCUT2D eigenvalue weighted by Gasteiger charge is 2.33. The first-order valence-electron chi connectivity index (χ1n) is 8.28. The van der Waals surface area contributed by atoms with Crippen molar-refractivity contribution in [2.75, 3.05) is 13.1 Å². The minimum Gasteiger partial charge on any atom is -0.335 e. The number of nitrogens with one attached hydrogen (secondary N) is 1. The second-order valence-corrected chi connectivity index (χ2v) is 6.65. The Labute approximate surface area is 127 Å². The van der Waals surface area contributed by atoms with E-state index in [9.17, 15) is 4.79 Å². The molecule has 1 heterocycles. The molecule has 3 nitrogen and oxygen atoms in total. The van der Waals surface area contributed by atoms with E-state index in [1.807, 2.05) is 0 Å². The summed E-state index contributed by atoms with van der Waals surface area (Å²) in [5, 5.41) is 3.41. The Morgan fingerprint density at radius 2 is 2.00 bits per heavy atom. The molecule has 1 unspecified atom stereocenters. The van der Waals surface area contributed by atoms with E-state index in [0.29, 0.717) is 17.9 Å². The summed E-state index contributed by atoms with van der Waals surface area (Å²) in [6.07, 6.45) is 5.48. The van der Waals surface area contributed by atoms with Crippen LogP contribution in [0.3, 0.4) is 0 Å². The van der Waals surface area contributed by atoms with E-state index in [4.69, 9.17) is 0 Å². The fourth-order valence-electron chi connectivity index (χ4n) is 3.16. The highest BCUT2D eigenvalue weighted by atomic mass is 16.2. The maximum Gasteiger partial charge on any atom is 0.223 e. The molecular formula is C18H26N2O. The zero-order valence-corrected chi connectivity index (χ0v) is 13.0. The Kier molecular flexibility index (Phi) is 4.59. The summed E-state index contributed by atoms with van der Waals surface area (Å²) in [6.45, 7) is 5.00. The summed E-state index contributed by atoms with van der Waals surface area (Å²) < 4.78 is 0. The van der Waals surface area contributed by atoms with Gasteiger partial charge in [-0.15, -0.1) is 0 Å². The molecule has 1 amide bonds. The molecule has 1 saturated carbocycles. The van der Waals surface area contributed by atoms with Crippen molar-refractivity contribution in [3.8, 4) is 0 Å². The minimum atomic E-state index is 0.353. The molecule has 1 aromatic rings. The zero-order valence-electron chi connectivity index (χ0n) is 13.0. The largest absolute Gasteiger partial charge is 0.335 e. The molecule has 0 bridgehead atoms. The highest BCUT2D eigenvalue weighted by molar-refractivity contribution is 5.77. The molecule has 21 heavy (non-hydrogen) atoms. The maximum atomic E-state index is 12.7. The molecule has 1 N–H and O–H groups in total. The van der Waals surface area contributed by atoms with E-state index in [2.05, 4.69) is 41.4 Å². The van der Waals surface area contributed by atoms with Crippen molar-refractivity contribution in [1.82, 2.24) is 10.2 Å². The Bertz CT molecular complexity index is 472. The fourth-order valence-corrected chi connectivity index (χ4v) is 3.16. The van der Waals surface area contributed by atoms with Crippen LogP contribution in [0.1, 0.15) is 43.2 Å². The number of piperidine rings is 1. The predicted octanol–water partition coefficient (Wildman–Crippen LogP) is 2.88. The van der Waals surface area contributed by atoms with Crippen molar-refractivity contribution < 1.29 is 4.79 Å². The average molecular weight is 286 g/mol. The summed E-state index contributed by atoms with van der Waals surface area (Å²) in [4.78, 5) is 14.8. The van der Waals surface area contributed by atoms with E-state index < -0.39 is 0 Å². The molecule has 3 rings (SSSR count). The first-order chi connectivity index (χ1) is 10.2. The van der Waals surface area contributed by atoms with Gasteiger partial charge in [0.05, 0.1) is 0 Å². The number of rotatable bonds is 5. The average Bonchev–Trinajstić information content (AvgIpc) is 3.32. The second kappa shape index (κ2) is 6.61. The van der Waals surface area contributed by atoms with Gasteiger partial charge in [-0.3, -0.25) is 4.79 Å². The van der Waals surface area contributed by atoms with Gasteiger partial charge in [0, 0.05) is 19.0 Å². The first kappa shape index (κ1) is 14.6. The molecule has 1 aliphatic carbocycles. The van der Waals surface area contributed by atoms with Gasteiger partial charge in [-0.05, 0) is 57.2 Å². The van der Waals surface area contributed by atoms with Crippen molar-refractivity contribution in [3.63, 3.8) is 0 Å². The number of hydrogen-bond donors (Lipinski definition) is 1. The summed E-state index contributed by atoms with van der Waals surface area (Å²) in [5.74, 6) is 0.886. The molecule has 2 aliphatic rings. The molecular weight excluding hydrogens is 260 g/mol. The maximum absolute atomic E-state index is 12.7. The molecule has 114 valence electrons. The van der Waals surface area contributed by atoms with Crippen molar-refractivity contribution >= 4 is 5.91 Å². The predicted molar refractivity (Wildman–Crippen MR) is 85.0 cm³/mol. The molecule has 1 saturated heterocycles. The van der Waals surface area contributed by atoms with Crippen LogP contribution < -0.4 is 5.32 Å². The van der Waals surface area contributed by atoms with Crippen LogP contribution >= 0.6 is 0 Å². The molecule has 2 fully saturated rings. The summed E-state index contributed by atoms with van der Waals surface area (Å²) >= 11 is 0. The van der Waals surface area contributed by atoms with E-state index in [1.54, 1.807) is 0 Å². The molecule has 0 radical (unpaired) electrons. The topological polar surface area (TPSA) is 32.3 Å². The Balaban J connectivity index is 1.60. The third-order valence-electron chi connectivity index (χ3n) is 4.64. The van der Waals surface area contributed by atoms with Crippen LogP contribution in [0.2, 0.25) is 0 Å². The lowest BCUT2D eigenvalue weighted by molar-refractivity contribution is -0.133. The quantitative estimate of drug-likeness (QED) is 0.902. The van der Waals surface area contributed by atoms with Crippen molar-refractivity contribution in [2.45, 2.75) is 51.6 Å². The van der Waals surface area contributed by atoms with Gasteiger partial charge in [-0.1, -0.05) is 29.8 Å². The lowest BCUT2D eigenvalue weighted by atomic mass is 9.95. The van der Waals surface area contributed by atoms with Crippen LogP contribution in [0.4, 0.5) is 0 Å². The van der Waals surface area contributed by atoms with Crippen LogP contribution in [0, 0.1) is 12.8 Å². The SMILES string of the molecule is Cc1ccc(CN(C(=O)CC2CCCNC2)C2CC2)cc1. The molecule has 1 aromatic carbocycles. The number of benzene rings is 1. The second-order valence-electron chi connectivity index (χ2n) is 6.65. The Morgan fingerprint density at radius 1 is 1.24 bits per heavy atom. The highest BCUT2D eigenvalue weighted by Crippen LogP contribution is 2.30.